The molecule has 9 nitrogen and oxygen atoms in total. The van der Waals surface area contributed by atoms with E-state index in [1.54, 1.807) is 20.8 Å². The minimum atomic E-state index is -0.995. The van der Waals surface area contributed by atoms with E-state index in [2.05, 4.69) is 20.8 Å². The van der Waals surface area contributed by atoms with Gasteiger partial charge in [0.1, 0.15) is 18.1 Å². The van der Waals surface area contributed by atoms with Crippen LogP contribution in [0.3, 0.4) is 0 Å². The van der Waals surface area contributed by atoms with Gasteiger partial charge in [-0.2, -0.15) is 4.98 Å². The smallest absolute Gasteiger partial charge is 0.325 e. The molecule has 1 saturated heterocycles. The summed E-state index contributed by atoms with van der Waals surface area (Å²) in [6, 6.07) is -1.03. The second-order valence-corrected chi connectivity index (χ2v) is 5.65. The summed E-state index contributed by atoms with van der Waals surface area (Å²) in [5, 5.41) is 8.87. The molecule has 1 aromatic heterocycles. The van der Waals surface area contributed by atoms with Crippen molar-refractivity contribution in [2.45, 2.75) is 45.7 Å². The van der Waals surface area contributed by atoms with E-state index >= 15 is 0 Å². The van der Waals surface area contributed by atoms with Crippen LogP contribution in [0.25, 0.3) is 0 Å². The van der Waals surface area contributed by atoms with E-state index < -0.39 is 29.4 Å². The number of hydrogen-bond acceptors (Lipinski definition) is 6. The highest BCUT2D eigenvalue weighted by molar-refractivity contribution is 6.08. The SMILES string of the molecule is CCC(NC(=O)CN1C(=O)NC(C)(C)C1=O)c1nc(C)no1. The standard InChI is InChI=1S/C13H19N5O4/c1-5-8(10-14-7(2)17-22-10)15-9(19)6-18-11(20)13(3,4)16-12(18)21/h8H,5-6H2,1-4H3,(H,15,19)(H,16,21). The first-order chi connectivity index (χ1) is 10.2. The molecular weight excluding hydrogens is 290 g/mol. The van der Waals surface area contributed by atoms with Crippen LogP contribution in [-0.4, -0.2) is 45.0 Å². The molecule has 22 heavy (non-hydrogen) atoms. The summed E-state index contributed by atoms with van der Waals surface area (Å²) in [7, 11) is 0. The largest absolute Gasteiger partial charge is 0.343 e. The number of rotatable bonds is 5. The number of aryl methyl sites for hydroxylation is 1. The Bertz CT molecular complexity index is 609. The number of nitrogens with one attached hydrogen (secondary N) is 2. The number of nitrogens with zero attached hydrogens (tertiary/aromatic N) is 3. The molecule has 1 aliphatic heterocycles. The number of hydrogen-bond donors (Lipinski definition) is 2. The van der Waals surface area contributed by atoms with E-state index in [9.17, 15) is 14.4 Å². The van der Waals surface area contributed by atoms with Crippen LogP contribution in [0.2, 0.25) is 0 Å². The predicted octanol–water partition coefficient (Wildman–Crippen LogP) is 0.276. The molecule has 1 atom stereocenters. The number of amides is 4. The van der Waals surface area contributed by atoms with Crippen LogP contribution in [0.1, 0.15) is 44.9 Å². The van der Waals surface area contributed by atoms with Gasteiger partial charge in [0.15, 0.2) is 5.82 Å². The third-order valence-electron chi connectivity index (χ3n) is 3.33. The first-order valence-corrected chi connectivity index (χ1v) is 6.98. The molecule has 0 aliphatic carbocycles. The average Bonchev–Trinajstić information content (AvgIpc) is 2.93. The molecule has 120 valence electrons. The summed E-state index contributed by atoms with van der Waals surface area (Å²) in [4.78, 5) is 40.8. The third-order valence-corrected chi connectivity index (χ3v) is 3.33. The lowest BCUT2D eigenvalue weighted by Gasteiger charge is -2.17. The highest BCUT2D eigenvalue weighted by Crippen LogP contribution is 2.17. The zero-order valence-electron chi connectivity index (χ0n) is 13.0. The molecule has 0 saturated carbocycles. The molecule has 0 spiro atoms. The molecule has 1 aromatic rings. The van der Waals surface area contributed by atoms with E-state index in [0.29, 0.717) is 18.1 Å². The van der Waals surface area contributed by atoms with Crippen molar-refractivity contribution in [1.29, 1.82) is 0 Å². The first kappa shape index (κ1) is 15.9. The highest BCUT2D eigenvalue weighted by atomic mass is 16.5. The zero-order chi connectivity index (χ0) is 16.5. The minimum absolute atomic E-state index is 0.297. The fourth-order valence-corrected chi connectivity index (χ4v) is 2.14. The van der Waals surface area contributed by atoms with Gasteiger partial charge in [-0.25, -0.2) is 4.79 Å². The molecule has 4 amide bonds. The molecule has 1 unspecified atom stereocenters. The van der Waals surface area contributed by atoms with Crippen molar-refractivity contribution in [1.82, 2.24) is 25.7 Å². The summed E-state index contributed by atoms with van der Waals surface area (Å²) in [5.41, 5.74) is -0.995. The normalized spacial score (nSPS) is 18.3. The number of carbonyl (C=O) groups excluding carboxylic acids is 3. The fraction of sp³-hybridized carbons (Fsp3) is 0.615. The van der Waals surface area contributed by atoms with Gasteiger partial charge in [-0.1, -0.05) is 12.1 Å². The molecule has 1 fully saturated rings. The van der Waals surface area contributed by atoms with Crippen LogP contribution >= 0.6 is 0 Å². The molecule has 2 heterocycles. The highest BCUT2D eigenvalue weighted by Gasteiger charge is 2.45. The lowest BCUT2D eigenvalue weighted by atomic mass is 10.1. The molecule has 0 bridgehead atoms. The Balaban J connectivity index is 2.00. The van der Waals surface area contributed by atoms with Gasteiger partial charge in [0.05, 0.1) is 0 Å². The van der Waals surface area contributed by atoms with Crippen LogP contribution in [0, 0.1) is 6.92 Å². The Morgan fingerprint density at radius 3 is 2.59 bits per heavy atom. The quantitative estimate of drug-likeness (QED) is 0.754. The van der Waals surface area contributed by atoms with Gasteiger partial charge in [0, 0.05) is 0 Å². The van der Waals surface area contributed by atoms with Crippen molar-refractivity contribution in [3.8, 4) is 0 Å². The lowest BCUT2D eigenvalue weighted by molar-refractivity contribution is -0.134. The topological polar surface area (TPSA) is 117 Å². The summed E-state index contributed by atoms with van der Waals surface area (Å²) in [5.74, 6) is -0.136. The summed E-state index contributed by atoms with van der Waals surface area (Å²) in [6.45, 7) is 6.35. The molecule has 0 radical (unpaired) electrons. The van der Waals surface area contributed by atoms with E-state index in [4.69, 9.17) is 4.52 Å². The van der Waals surface area contributed by atoms with Crippen molar-refractivity contribution in [3.05, 3.63) is 11.7 Å². The number of aromatic nitrogens is 2. The number of carbonyl (C=O) groups is 3. The van der Waals surface area contributed by atoms with Crippen LogP contribution in [-0.2, 0) is 9.59 Å². The van der Waals surface area contributed by atoms with Gasteiger partial charge in [-0.15, -0.1) is 0 Å². The molecule has 0 aromatic carbocycles. The van der Waals surface area contributed by atoms with Crippen molar-refractivity contribution in [3.63, 3.8) is 0 Å². The van der Waals surface area contributed by atoms with Gasteiger partial charge in [0.25, 0.3) is 5.91 Å². The second kappa shape index (κ2) is 5.74. The van der Waals surface area contributed by atoms with Gasteiger partial charge >= 0.3 is 6.03 Å². The number of imide groups is 1. The van der Waals surface area contributed by atoms with Crippen molar-refractivity contribution >= 4 is 17.8 Å². The predicted molar refractivity (Wildman–Crippen MR) is 74.5 cm³/mol. The van der Waals surface area contributed by atoms with Gasteiger partial charge in [-0.3, -0.25) is 14.5 Å². The summed E-state index contributed by atoms with van der Waals surface area (Å²) < 4.78 is 5.03. The summed E-state index contributed by atoms with van der Waals surface area (Å²) >= 11 is 0. The fourth-order valence-electron chi connectivity index (χ4n) is 2.14. The summed E-state index contributed by atoms with van der Waals surface area (Å²) in [6.07, 6.45) is 0.541. The van der Waals surface area contributed by atoms with Crippen LogP contribution in [0.15, 0.2) is 4.52 Å². The Morgan fingerprint density at radius 2 is 2.14 bits per heavy atom. The Kier molecular flexibility index (Phi) is 4.16. The van der Waals surface area contributed by atoms with Crippen LogP contribution in [0.4, 0.5) is 4.79 Å². The first-order valence-electron chi connectivity index (χ1n) is 6.98. The molecule has 2 rings (SSSR count). The number of urea groups is 1. The minimum Gasteiger partial charge on any atom is -0.343 e. The Labute approximate surface area is 127 Å². The Morgan fingerprint density at radius 1 is 1.45 bits per heavy atom. The van der Waals surface area contributed by atoms with Gasteiger partial charge in [-0.05, 0) is 27.2 Å². The van der Waals surface area contributed by atoms with Crippen molar-refractivity contribution in [2.75, 3.05) is 6.54 Å². The van der Waals surface area contributed by atoms with E-state index in [1.165, 1.54) is 0 Å². The van der Waals surface area contributed by atoms with Crippen LogP contribution < -0.4 is 10.6 Å². The lowest BCUT2D eigenvalue weighted by Crippen LogP contribution is -2.43. The zero-order valence-corrected chi connectivity index (χ0v) is 13.0. The average molecular weight is 309 g/mol. The molecule has 2 N–H and O–H groups in total. The third kappa shape index (κ3) is 3.07. The molecular formula is C13H19N5O4. The Hall–Kier alpha value is -2.45. The second-order valence-electron chi connectivity index (χ2n) is 5.65. The maximum Gasteiger partial charge on any atom is 0.325 e. The van der Waals surface area contributed by atoms with Gasteiger partial charge in [0.2, 0.25) is 11.8 Å². The van der Waals surface area contributed by atoms with Crippen molar-refractivity contribution < 1.29 is 18.9 Å². The van der Waals surface area contributed by atoms with Crippen LogP contribution in [0.5, 0.6) is 0 Å². The molecule has 9 heteroatoms. The van der Waals surface area contributed by atoms with Crippen molar-refractivity contribution in [2.24, 2.45) is 0 Å². The molecule has 1 aliphatic rings. The maximum absolute atomic E-state index is 12.1. The van der Waals surface area contributed by atoms with E-state index in [-0.39, 0.29) is 6.54 Å². The monoisotopic (exact) mass is 309 g/mol. The van der Waals surface area contributed by atoms with E-state index in [0.717, 1.165) is 4.90 Å². The van der Waals surface area contributed by atoms with E-state index in [1.807, 2.05) is 6.92 Å². The maximum atomic E-state index is 12.1. The van der Waals surface area contributed by atoms with Gasteiger partial charge < -0.3 is 15.2 Å².